The fraction of sp³-hybridized carbons (Fsp3) is 0.118. The molecule has 0 saturated carbocycles. The van der Waals surface area contributed by atoms with Gasteiger partial charge in [0.1, 0.15) is 0 Å². The quantitative estimate of drug-likeness (QED) is 0.664. The van der Waals surface area contributed by atoms with Crippen LogP contribution in [0.5, 0.6) is 0 Å². The van der Waals surface area contributed by atoms with Gasteiger partial charge in [0, 0.05) is 24.9 Å². The Kier molecular flexibility index (Phi) is 5.21. The van der Waals surface area contributed by atoms with Gasteiger partial charge in [-0.15, -0.1) is 0 Å². The van der Waals surface area contributed by atoms with Crippen LogP contribution in [0.4, 0.5) is 0 Å². The third kappa shape index (κ3) is 3.69. The number of aromatic amines is 1. The number of hydrogen-bond acceptors (Lipinski definition) is 5. The predicted octanol–water partition coefficient (Wildman–Crippen LogP) is 2.03. The van der Waals surface area contributed by atoms with Gasteiger partial charge in [-0.1, -0.05) is 40.1 Å². The molecular formula is C17H17N3O4S2. The molecular weight excluding hydrogens is 374 g/mol. The van der Waals surface area contributed by atoms with Crippen molar-refractivity contribution < 1.29 is 16.8 Å². The normalized spacial score (nSPS) is 12.3. The highest BCUT2D eigenvalue weighted by Crippen LogP contribution is 2.24. The standard InChI is InChI=1S/C17H17N3O4S2/c21-25(22,16-7-3-1-4-8-16)20(12-11-15-13-18-14-19-15)26(23,24)17-9-5-2-6-10-17/h1-10,13-14H,11-12H2,(H,18,19). The average Bonchev–Trinajstić information content (AvgIpc) is 3.16. The largest absolute Gasteiger partial charge is 0.348 e. The van der Waals surface area contributed by atoms with Crippen LogP contribution in [0, 0.1) is 0 Å². The summed E-state index contributed by atoms with van der Waals surface area (Å²) >= 11 is 0. The molecule has 0 aliphatic rings. The Morgan fingerprint density at radius 2 is 1.31 bits per heavy atom. The molecule has 0 bridgehead atoms. The highest BCUT2D eigenvalue weighted by molar-refractivity contribution is 8.04. The van der Waals surface area contributed by atoms with Crippen molar-refractivity contribution in [3.8, 4) is 0 Å². The summed E-state index contributed by atoms with van der Waals surface area (Å²) in [6, 6.07) is 15.0. The summed E-state index contributed by atoms with van der Waals surface area (Å²) in [5, 5.41) is 0. The molecule has 0 amide bonds. The summed E-state index contributed by atoms with van der Waals surface area (Å²) in [6.07, 6.45) is 3.16. The van der Waals surface area contributed by atoms with Gasteiger partial charge in [0.25, 0.3) is 20.0 Å². The van der Waals surface area contributed by atoms with Crippen molar-refractivity contribution in [3.63, 3.8) is 0 Å². The van der Waals surface area contributed by atoms with Crippen molar-refractivity contribution in [1.82, 2.24) is 13.7 Å². The fourth-order valence-corrected chi connectivity index (χ4v) is 6.11. The van der Waals surface area contributed by atoms with Gasteiger partial charge in [-0.25, -0.2) is 21.8 Å². The molecule has 3 aromatic rings. The first-order valence-corrected chi connectivity index (χ1v) is 10.7. The van der Waals surface area contributed by atoms with Crippen LogP contribution in [-0.4, -0.2) is 37.1 Å². The van der Waals surface area contributed by atoms with Crippen molar-refractivity contribution in [2.45, 2.75) is 16.2 Å². The Balaban J connectivity index is 2.04. The summed E-state index contributed by atoms with van der Waals surface area (Å²) in [7, 11) is -8.50. The molecule has 0 spiro atoms. The molecule has 26 heavy (non-hydrogen) atoms. The van der Waals surface area contributed by atoms with Gasteiger partial charge < -0.3 is 4.98 Å². The first-order chi connectivity index (χ1) is 12.4. The van der Waals surface area contributed by atoms with Gasteiger partial charge in [0.2, 0.25) is 0 Å². The zero-order valence-electron chi connectivity index (χ0n) is 13.7. The summed E-state index contributed by atoms with van der Waals surface area (Å²) < 4.78 is 52.7. The van der Waals surface area contributed by atoms with Crippen LogP contribution in [0.15, 0.2) is 83.0 Å². The van der Waals surface area contributed by atoms with E-state index in [1.165, 1.54) is 36.8 Å². The third-order valence-electron chi connectivity index (χ3n) is 3.74. The van der Waals surface area contributed by atoms with Gasteiger partial charge in [-0.05, 0) is 24.3 Å². The molecule has 0 radical (unpaired) electrons. The van der Waals surface area contributed by atoms with Crippen LogP contribution in [0.2, 0.25) is 0 Å². The predicted molar refractivity (Wildman–Crippen MR) is 96.3 cm³/mol. The molecule has 0 aliphatic heterocycles. The van der Waals surface area contributed by atoms with Crippen LogP contribution >= 0.6 is 0 Å². The molecule has 3 rings (SSSR count). The maximum absolute atomic E-state index is 13.0. The Morgan fingerprint density at radius 3 is 1.73 bits per heavy atom. The van der Waals surface area contributed by atoms with Crippen molar-refractivity contribution in [2.24, 2.45) is 0 Å². The summed E-state index contributed by atoms with van der Waals surface area (Å²) in [6.45, 7) is -0.239. The Bertz CT molecular complexity index is 980. The highest BCUT2D eigenvalue weighted by atomic mass is 32.3. The van der Waals surface area contributed by atoms with Crippen molar-refractivity contribution in [3.05, 3.63) is 78.9 Å². The average molecular weight is 391 g/mol. The first-order valence-electron chi connectivity index (χ1n) is 7.77. The number of nitrogens with zero attached hydrogens (tertiary/aromatic N) is 2. The molecule has 1 aromatic heterocycles. The lowest BCUT2D eigenvalue weighted by atomic mass is 10.3. The Morgan fingerprint density at radius 1 is 0.808 bits per heavy atom. The number of rotatable bonds is 7. The molecule has 0 unspecified atom stereocenters. The number of H-pyrrole nitrogens is 1. The molecule has 1 N–H and O–H groups in total. The lowest BCUT2D eigenvalue weighted by Gasteiger charge is -2.22. The van der Waals surface area contributed by atoms with E-state index in [1.54, 1.807) is 36.4 Å². The number of imidazole rings is 1. The maximum atomic E-state index is 13.0. The second kappa shape index (κ2) is 7.40. The van der Waals surface area contributed by atoms with E-state index in [2.05, 4.69) is 9.97 Å². The summed E-state index contributed by atoms with van der Waals surface area (Å²) in [5.74, 6) is 0. The van der Waals surface area contributed by atoms with Crippen LogP contribution in [0.1, 0.15) is 5.69 Å². The topological polar surface area (TPSA) is 100 Å². The molecule has 9 heteroatoms. The smallest absolute Gasteiger partial charge is 0.256 e. The molecule has 0 fully saturated rings. The second-order valence-corrected chi connectivity index (χ2v) is 9.42. The minimum Gasteiger partial charge on any atom is -0.348 e. The number of benzene rings is 2. The van der Waals surface area contributed by atoms with Gasteiger partial charge in [-0.3, -0.25) is 0 Å². The maximum Gasteiger partial charge on any atom is 0.256 e. The monoisotopic (exact) mass is 391 g/mol. The van der Waals surface area contributed by atoms with Crippen molar-refractivity contribution in [2.75, 3.05) is 6.54 Å². The number of sulfonamides is 2. The van der Waals surface area contributed by atoms with Crippen molar-refractivity contribution >= 4 is 20.0 Å². The van der Waals surface area contributed by atoms with Crippen LogP contribution < -0.4 is 0 Å². The minimum atomic E-state index is -4.25. The SMILES string of the molecule is O=S(=O)(c1ccccc1)N(CCc1cnc[nH]1)S(=O)(=O)c1ccccc1. The van der Waals surface area contributed by atoms with E-state index in [-0.39, 0.29) is 22.8 Å². The van der Waals surface area contributed by atoms with E-state index in [0.29, 0.717) is 9.40 Å². The lowest BCUT2D eigenvalue weighted by molar-refractivity contribution is 0.497. The second-order valence-electron chi connectivity index (χ2n) is 5.46. The third-order valence-corrected chi connectivity index (χ3v) is 8.09. The van der Waals surface area contributed by atoms with Gasteiger partial charge in [0.05, 0.1) is 16.1 Å². The molecule has 1 heterocycles. The van der Waals surface area contributed by atoms with Crippen LogP contribution in [-0.2, 0) is 26.5 Å². The van der Waals surface area contributed by atoms with Gasteiger partial charge in [0.15, 0.2) is 0 Å². The van der Waals surface area contributed by atoms with E-state index in [0.717, 1.165) is 0 Å². The first kappa shape index (κ1) is 18.3. The minimum absolute atomic E-state index is 0.0795. The zero-order valence-corrected chi connectivity index (χ0v) is 15.3. The van der Waals surface area contributed by atoms with E-state index in [4.69, 9.17) is 0 Å². The lowest BCUT2D eigenvalue weighted by Crippen LogP contribution is -2.38. The molecule has 7 nitrogen and oxygen atoms in total. The number of nitrogens with one attached hydrogen (secondary N) is 1. The summed E-state index contributed by atoms with van der Waals surface area (Å²) in [4.78, 5) is 6.56. The molecule has 0 atom stereocenters. The Labute approximate surface area is 152 Å². The van der Waals surface area contributed by atoms with Crippen LogP contribution in [0.25, 0.3) is 0 Å². The van der Waals surface area contributed by atoms with E-state index in [9.17, 15) is 16.8 Å². The van der Waals surface area contributed by atoms with E-state index >= 15 is 0 Å². The van der Waals surface area contributed by atoms with E-state index in [1.807, 2.05) is 0 Å². The van der Waals surface area contributed by atoms with Gasteiger partial charge in [-0.2, -0.15) is 0 Å². The molecule has 0 aliphatic carbocycles. The summed E-state index contributed by atoms with van der Waals surface area (Å²) in [5.41, 5.74) is 0.640. The fourth-order valence-electron chi connectivity index (χ4n) is 2.42. The zero-order chi connectivity index (χ0) is 18.6. The number of aromatic nitrogens is 2. The van der Waals surface area contributed by atoms with Crippen molar-refractivity contribution in [1.29, 1.82) is 0 Å². The number of hydrogen-bond donors (Lipinski definition) is 1. The molecule has 0 saturated heterocycles. The van der Waals surface area contributed by atoms with Crippen LogP contribution in [0.3, 0.4) is 0 Å². The van der Waals surface area contributed by atoms with Gasteiger partial charge >= 0.3 is 0 Å². The van der Waals surface area contributed by atoms with E-state index < -0.39 is 20.0 Å². The highest BCUT2D eigenvalue weighted by Gasteiger charge is 2.36. The molecule has 136 valence electrons. The Hall–Kier alpha value is -2.49. The molecule has 2 aromatic carbocycles.